The van der Waals surface area contributed by atoms with Crippen molar-refractivity contribution in [2.75, 3.05) is 4.43 Å². The van der Waals surface area contributed by atoms with Gasteiger partial charge in [0.25, 0.3) is 0 Å². The number of hydrogen-bond donors (Lipinski definition) is 0. The molecule has 0 aliphatic rings. The van der Waals surface area contributed by atoms with Gasteiger partial charge in [0.05, 0.1) is 0 Å². The number of allylic oxidation sites excluding steroid dienone is 2. The molecule has 82 valence electrons. The standard InChI is InChI=1S/C14H19I/c1-13(7-5-6-12-15)10-11-14-8-3-2-4-9-14/h2-4,7-9H,5-6,10-12H2,1H3. The van der Waals surface area contributed by atoms with Crippen molar-refractivity contribution < 1.29 is 0 Å². The molecule has 0 N–H and O–H groups in total. The topological polar surface area (TPSA) is 0 Å². The van der Waals surface area contributed by atoms with Gasteiger partial charge in [-0.05, 0) is 42.6 Å². The van der Waals surface area contributed by atoms with Gasteiger partial charge in [-0.3, -0.25) is 0 Å². The first-order valence-corrected chi connectivity index (χ1v) is 7.11. The number of hydrogen-bond acceptors (Lipinski definition) is 0. The molecule has 1 aromatic carbocycles. The maximum atomic E-state index is 2.44. The first-order valence-electron chi connectivity index (χ1n) is 5.58. The van der Waals surface area contributed by atoms with Crippen LogP contribution in [0.3, 0.4) is 0 Å². The molecule has 0 atom stereocenters. The molecule has 1 heteroatoms. The van der Waals surface area contributed by atoms with Gasteiger partial charge in [-0.2, -0.15) is 0 Å². The quantitative estimate of drug-likeness (QED) is 0.307. The van der Waals surface area contributed by atoms with Crippen LogP contribution in [0.4, 0.5) is 0 Å². The van der Waals surface area contributed by atoms with Crippen LogP contribution in [-0.4, -0.2) is 4.43 Å². The summed E-state index contributed by atoms with van der Waals surface area (Å²) in [5, 5.41) is 0. The first-order chi connectivity index (χ1) is 7.33. The Bertz CT molecular complexity index is 287. The highest BCUT2D eigenvalue weighted by Crippen LogP contribution is 2.10. The lowest BCUT2D eigenvalue weighted by atomic mass is 10.0. The van der Waals surface area contributed by atoms with Gasteiger partial charge in [-0.25, -0.2) is 0 Å². The molecule has 0 bridgehead atoms. The van der Waals surface area contributed by atoms with E-state index >= 15 is 0 Å². The molecule has 1 aromatic rings. The van der Waals surface area contributed by atoms with Crippen molar-refractivity contribution >= 4 is 22.6 Å². The summed E-state index contributed by atoms with van der Waals surface area (Å²) < 4.78 is 1.26. The highest BCUT2D eigenvalue weighted by atomic mass is 127. The van der Waals surface area contributed by atoms with E-state index in [0.717, 1.165) is 0 Å². The summed E-state index contributed by atoms with van der Waals surface area (Å²) in [6.07, 6.45) is 7.31. The molecule has 0 saturated heterocycles. The molecule has 0 fully saturated rings. The second-order valence-corrected chi connectivity index (χ2v) is 4.95. The third-order valence-electron chi connectivity index (χ3n) is 2.48. The molecule has 0 saturated carbocycles. The third kappa shape index (κ3) is 5.98. The van der Waals surface area contributed by atoms with Crippen LogP contribution in [0.5, 0.6) is 0 Å². The Morgan fingerprint density at radius 2 is 2.00 bits per heavy atom. The predicted octanol–water partition coefficient (Wildman–Crippen LogP) is 4.78. The van der Waals surface area contributed by atoms with E-state index < -0.39 is 0 Å². The minimum atomic E-state index is 1.17. The summed E-state index contributed by atoms with van der Waals surface area (Å²) in [6.45, 7) is 2.25. The lowest BCUT2D eigenvalue weighted by Gasteiger charge is -2.02. The fourth-order valence-corrected chi connectivity index (χ4v) is 1.95. The number of unbranched alkanes of at least 4 members (excludes halogenated alkanes) is 1. The van der Waals surface area contributed by atoms with Gasteiger partial charge in [0, 0.05) is 0 Å². The maximum absolute atomic E-state index is 2.44. The lowest BCUT2D eigenvalue weighted by molar-refractivity contribution is 0.905. The normalized spacial score (nSPS) is 11.7. The highest BCUT2D eigenvalue weighted by Gasteiger charge is 1.93. The molecule has 0 aliphatic heterocycles. The predicted molar refractivity (Wildman–Crippen MR) is 76.6 cm³/mol. The van der Waals surface area contributed by atoms with Crippen LogP contribution in [-0.2, 0) is 6.42 Å². The van der Waals surface area contributed by atoms with Crippen molar-refractivity contribution in [2.24, 2.45) is 0 Å². The van der Waals surface area contributed by atoms with Gasteiger partial charge >= 0.3 is 0 Å². The first kappa shape index (κ1) is 12.8. The van der Waals surface area contributed by atoms with E-state index in [0.29, 0.717) is 0 Å². The zero-order chi connectivity index (χ0) is 10.9. The van der Waals surface area contributed by atoms with Crippen LogP contribution >= 0.6 is 22.6 Å². The number of aryl methyl sites for hydroxylation is 1. The Morgan fingerprint density at radius 3 is 2.67 bits per heavy atom. The average Bonchev–Trinajstić information content (AvgIpc) is 2.28. The van der Waals surface area contributed by atoms with Gasteiger partial charge in [0.15, 0.2) is 0 Å². The van der Waals surface area contributed by atoms with E-state index in [9.17, 15) is 0 Å². The van der Waals surface area contributed by atoms with Crippen LogP contribution in [0, 0.1) is 0 Å². The van der Waals surface area contributed by atoms with Gasteiger partial charge in [-0.1, -0.05) is 64.6 Å². The number of halogens is 1. The molecule has 0 aromatic heterocycles. The van der Waals surface area contributed by atoms with Crippen LogP contribution in [0.25, 0.3) is 0 Å². The number of alkyl halides is 1. The van der Waals surface area contributed by atoms with Gasteiger partial charge in [0.1, 0.15) is 0 Å². The molecular weight excluding hydrogens is 295 g/mol. The largest absolute Gasteiger partial charge is 0.0864 e. The second kappa shape index (κ2) is 7.91. The van der Waals surface area contributed by atoms with Crippen molar-refractivity contribution in [3.05, 3.63) is 47.5 Å². The molecule has 0 amide bonds. The van der Waals surface area contributed by atoms with E-state index in [-0.39, 0.29) is 0 Å². The monoisotopic (exact) mass is 314 g/mol. The Labute approximate surface area is 107 Å². The van der Waals surface area contributed by atoms with E-state index in [2.05, 4.69) is 65.9 Å². The molecule has 0 aliphatic carbocycles. The second-order valence-electron chi connectivity index (χ2n) is 3.87. The fraction of sp³-hybridized carbons (Fsp3) is 0.429. The maximum Gasteiger partial charge on any atom is -0.000178 e. The lowest BCUT2D eigenvalue weighted by Crippen LogP contribution is -1.86. The van der Waals surface area contributed by atoms with Crippen LogP contribution < -0.4 is 0 Å². The molecule has 0 nitrogen and oxygen atoms in total. The van der Waals surface area contributed by atoms with Crippen LogP contribution in [0.1, 0.15) is 31.7 Å². The molecule has 15 heavy (non-hydrogen) atoms. The molecule has 0 radical (unpaired) electrons. The van der Waals surface area contributed by atoms with E-state index in [1.54, 1.807) is 0 Å². The average molecular weight is 314 g/mol. The molecule has 1 rings (SSSR count). The summed E-state index contributed by atoms with van der Waals surface area (Å²) in [5.74, 6) is 0. The minimum absolute atomic E-state index is 1.17. The summed E-state index contributed by atoms with van der Waals surface area (Å²) in [6, 6.07) is 10.7. The van der Waals surface area contributed by atoms with E-state index in [1.165, 1.54) is 41.2 Å². The smallest absolute Gasteiger partial charge is 0.000178 e. The summed E-state index contributed by atoms with van der Waals surface area (Å²) in [4.78, 5) is 0. The SMILES string of the molecule is CC(=CCCCI)CCc1ccccc1. The number of rotatable bonds is 6. The van der Waals surface area contributed by atoms with E-state index in [1.807, 2.05) is 0 Å². The van der Waals surface area contributed by atoms with Crippen molar-refractivity contribution in [2.45, 2.75) is 32.6 Å². The molecular formula is C14H19I. The Hall–Kier alpha value is -0.310. The van der Waals surface area contributed by atoms with Crippen LogP contribution in [0.15, 0.2) is 42.0 Å². The zero-order valence-corrected chi connectivity index (χ0v) is 11.5. The van der Waals surface area contributed by atoms with E-state index in [4.69, 9.17) is 0 Å². The Balaban J connectivity index is 2.28. The highest BCUT2D eigenvalue weighted by molar-refractivity contribution is 14.1. The Kier molecular flexibility index (Phi) is 6.73. The van der Waals surface area contributed by atoms with Crippen molar-refractivity contribution in [1.29, 1.82) is 0 Å². The zero-order valence-electron chi connectivity index (χ0n) is 9.38. The van der Waals surface area contributed by atoms with Gasteiger partial charge in [-0.15, -0.1) is 0 Å². The van der Waals surface area contributed by atoms with Gasteiger partial charge in [0.2, 0.25) is 0 Å². The van der Waals surface area contributed by atoms with Crippen molar-refractivity contribution in [3.8, 4) is 0 Å². The van der Waals surface area contributed by atoms with Gasteiger partial charge < -0.3 is 0 Å². The summed E-state index contributed by atoms with van der Waals surface area (Å²) in [5.41, 5.74) is 2.97. The molecule has 0 spiro atoms. The number of benzene rings is 1. The van der Waals surface area contributed by atoms with Crippen LogP contribution in [0.2, 0.25) is 0 Å². The molecule has 0 heterocycles. The Morgan fingerprint density at radius 1 is 1.27 bits per heavy atom. The summed E-state index contributed by atoms with van der Waals surface area (Å²) in [7, 11) is 0. The fourth-order valence-electron chi connectivity index (χ4n) is 1.51. The summed E-state index contributed by atoms with van der Waals surface area (Å²) >= 11 is 2.44. The molecule has 0 unspecified atom stereocenters. The van der Waals surface area contributed by atoms with Crippen molar-refractivity contribution in [1.82, 2.24) is 0 Å². The van der Waals surface area contributed by atoms with Crippen molar-refractivity contribution in [3.63, 3.8) is 0 Å². The minimum Gasteiger partial charge on any atom is -0.0864 e. The third-order valence-corrected chi connectivity index (χ3v) is 3.24.